The molecule has 0 bridgehead atoms. The molecule has 1 aliphatic carbocycles. The summed E-state index contributed by atoms with van der Waals surface area (Å²) in [4.78, 5) is 32.5. The molecule has 0 saturated heterocycles. The fourth-order valence-corrected chi connectivity index (χ4v) is 3.65. The summed E-state index contributed by atoms with van der Waals surface area (Å²) in [6, 6.07) is 0.271. The zero-order valence-electron chi connectivity index (χ0n) is 14.8. The molecule has 0 aliphatic heterocycles. The fraction of sp³-hybridized carbons (Fsp3) is 0.647. The zero-order chi connectivity index (χ0) is 18.2. The van der Waals surface area contributed by atoms with E-state index >= 15 is 0 Å². The van der Waals surface area contributed by atoms with E-state index in [1.165, 1.54) is 37.2 Å². The quantitative estimate of drug-likeness (QED) is 0.434. The molecule has 7 nitrogen and oxygen atoms in total. The lowest BCUT2D eigenvalue weighted by molar-refractivity contribution is -0.121. The first-order chi connectivity index (χ1) is 12.0. The van der Waals surface area contributed by atoms with Crippen molar-refractivity contribution in [2.75, 3.05) is 12.3 Å². The highest BCUT2D eigenvalue weighted by Crippen LogP contribution is 2.25. The maximum Gasteiger partial charge on any atom is 0.343 e. The van der Waals surface area contributed by atoms with Crippen LogP contribution in [0.4, 0.5) is 5.82 Å². The Morgan fingerprint density at radius 3 is 2.68 bits per heavy atom. The number of thioether (sulfide) groups is 1. The number of nitrogen functional groups attached to an aromatic ring is 1. The largest absolute Gasteiger partial charge is 0.462 e. The van der Waals surface area contributed by atoms with Crippen molar-refractivity contribution in [1.29, 1.82) is 0 Å². The number of aromatic nitrogens is 2. The van der Waals surface area contributed by atoms with Crippen LogP contribution in [0.15, 0.2) is 11.4 Å². The SMILES string of the molecule is CCOC(=O)c1cnc(SC(CC)C(=O)NC2CCCCC2)nc1N. The summed E-state index contributed by atoms with van der Waals surface area (Å²) in [6.07, 6.45) is 7.70. The first kappa shape index (κ1) is 19.5. The lowest BCUT2D eigenvalue weighted by Gasteiger charge is -2.24. The van der Waals surface area contributed by atoms with E-state index in [1.807, 2.05) is 6.92 Å². The first-order valence-corrected chi connectivity index (χ1v) is 9.69. The molecule has 138 valence electrons. The average molecular weight is 366 g/mol. The van der Waals surface area contributed by atoms with Crippen LogP contribution in [0.3, 0.4) is 0 Å². The third-order valence-electron chi connectivity index (χ3n) is 4.15. The van der Waals surface area contributed by atoms with Crippen LogP contribution < -0.4 is 11.1 Å². The van der Waals surface area contributed by atoms with Gasteiger partial charge in [0.1, 0.15) is 11.4 Å². The summed E-state index contributed by atoms with van der Waals surface area (Å²) in [6.45, 7) is 3.93. The smallest absolute Gasteiger partial charge is 0.343 e. The molecule has 0 aromatic carbocycles. The van der Waals surface area contributed by atoms with Gasteiger partial charge in [0, 0.05) is 12.2 Å². The number of anilines is 1. The Morgan fingerprint density at radius 2 is 2.08 bits per heavy atom. The van der Waals surface area contributed by atoms with Crippen molar-refractivity contribution >= 4 is 29.5 Å². The molecule has 1 amide bonds. The number of amides is 1. The highest BCUT2D eigenvalue weighted by Gasteiger charge is 2.24. The number of nitrogens with one attached hydrogen (secondary N) is 1. The van der Waals surface area contributed by atoms with Gasteiger partial charge in [0.25, 0.3) is 0 Å². The monoisotopic (exact) mass is 366 g/mol. The van der Waals surface area contributed by atoms with E-state index in [-0.39, 0.29) is 35.2 Å². The molecule has 1 saturated carbocycles. The lowest BCUT2D eigenvalue weighted by Crippen LogP contribution is -2.41. The molecule has 0 radical (unpaired) electrons. The summed E-state index contributed by atoms with van der Waals surface area (Å²) in [5, 5.41) is 3.23. The number of ether oxygens (including phenoxy) is 1. The number of esters is 1. The second-order valence-electron chi connectivity index (χ2n) is 6.03. The van der Waals surface area contributed by atoms with Crippen LogP contribution in [-0.4, -0.2) is 39.7 Å². The molecule has 1 atom stereocenters. The van der Waals surface area contributed by atoms with E-state index in [9.17, 15) is 9.59 Å². The van der Waals surface area contributed by atoms with Gasteiger partial charge < -0.3 is 15.8 Å². The van der Waals surface area contributed by atoms with Gasteiger partial charge in [0.2, 0.25) is 5.91 Å². The number of carbonyl (C=O) groups excluding carboxylic acids is 2. The zero-order valence-corrected chi connectivity index (χ0v) is 15.6. The van der Waals surface area contributed by atoms with Crippen LogP contribution in [0.1, 0.15) is 62.7 Å². The molecule has 1 unspecified atom stereocenters. The second kappa shape index (κ2) is 9.60. The van der Waals surface area contributed by atoms with Crippen molar-refractivity contribution in [3.63, 3.8) is 0 Å². The minimum absolute atomic E-state index is 0.0102. The van der Waals surface area contributed by atoms with Gasteiger partial charge in [-0.25, -0.2) is 14.8 Å². The summed E-state index contributed by atoms with van der Waals surface area (Å²) in [5.74, 6) is -0.465. The van der Waals surface area contributed by atoms with Gasteiger partial charge in [-0.3, -0.25) is 4.79 Å². The minimum Gasteiger partial charge on any atom is -0.462 e. The highest BCUT2D eigenvalue weighted by molar-refractivity contribution is 8.00. The number of hydrogen-bond donors (Lipinski definition) is 2. The molecule has 1 heterocycles. The molecule has 8 heteroatoms. The van der Waals surface area contributed by atoms with Gasteiger partial charge in [0.15, 0.2) is 5.16 Å². The molecule has 1 fully saturated rings. The van der Waals surface area contributed by atoms with Crippen molar-refractivity contribution in [2.45, 2.75) is 68.8 Å². The Hall–Kier alpha value is -1.83. The minimum atomic E-state index is -0.543. The summed E-state index contributed by atoms with van der Waals surface area (Å²) in [7, 11) is 0. The van der Waals surface area contributed by atoms with Crippen molar-refractivity contribution in [3.05, 3.63) is 11.8 Å². The van der Waals surface area contributed by atoms with E-state index in [0.717, 1.165) is 12.8 Å². The molecule has 25 heavy (non-hydrogen) atoms. The Morgan fingerprint density at radius 1 is 1.36 bits per heavy atom. The van der Waals surface area contributed by atoms with Crippen LogP contribution in [0.2, 0.25) is 0 Å². The first-order valence-electron chi connectivity index (χ1n) is 8.81. The highest BCUT2D eigenvalue weighted by atomic mass is 32.2. The standard InChI is InChI=1S/C17H26N4O3S/c1-3-13(15(22)20-11-8-6-5-7-9-11)25-17-19-10-12(14(18)21-17)16(23)24-4-2/h10-11,13H,3-9H2,1-2H3,(H,20,22)(H2,18,19,21). The van der Waals surface area contributed by atoms with Crippen molar-refractivity contribution < 1.29 is 14.3 Å². The summed E-state index contributed by atoms with van der Waals surface area (Å²) < 4.78 is 4.90. The van der Waals surface area contributed by atoms with Crippen molar-refractivity contribution in [3.8, 4) is 0 Å². The van der Waals surface area contributed by atoms with Crippen LogP contribution in [-0.2, 0) is 9.53 Å². The molecule has 1 aliphatic rings. The number of hydrogen-bond acceptors (Lipinski definition) is 7. The summed E-state index contributed by atoms with van der Waals surface area (Å²) >= 11 is 1.27. The molecular formula is C17H26N4O3S. The van der Waals surface area contributed by atoms with E-state index < -0.39 is 5.97 Å². The fourth-order valence-electron chi connectivity index (χ4n) is 2.79. The normalized spacial score (nSPS) is 16.2. The molecule has 2 rings (SSSR count). The van der Waals surface area contributed by atoms with Crippen LogP contribution in [0.25, 0.3) is 0 Å². The van der Waals surface area contributed by atoms with Crippen molar-refractivity contribution in [2.24, 2.45) is 0 Å². The average Bonchev–Trinajstić information content (AvgIpc) is 2.60. The predicted octanol–water partition coefficient (Wildman–Crippen LogP) is 2.56. The van der Waals surface area contributed by atoms with Gasteiger partial charge in [-0.2, -0.15) is 0 Å². The molecule has 1 aromatic rings. The lowest BCUT2D eigenvalue weighted by atomic mass is 9.95. The van der Waals surface area contributed by atoms with Gasteiger partial charge >= 0.3 is 5.97 Å². The van der Waals surface area contributed by atoms with Gasteiger partial charge in [0.05, 0.1) is 11.9 Å². The van der Waals surface area contributed by atoms with Crippen LogP contribution >= 0.6 is 11.8 Å². The Kier molecular flexibility index (Phi) is 7.49. The molecule has 1 aromatic heterocycles. The third kappa shape index (κ3) is 5.59. The van der Waals surface area contributed by atoms with Crippen LogP contribution in [0.5, 0.6) is 0 Å². The number of nitrogens with two attached hydrogens (primary N) is 1. The Labute approximate surface area is 152 Å². The van der Waals surface area contributed by atoms with Gasteiger partial charge in [-0.05, 0) is 26.2 Å². The second-order valence-corrected chi connectivity index (χ2v) is 7.20. The van der Waals surface area contributed by atoms with Gasteiger partial charge in [-0.1, -0.05) is 37.9 Å². The molecular weight excluding hydrogens is 340 g/mol. The maximum absolute atomic E-state index is 12.5. The van der Waals surface area contributed by atoms with E-state index in [2.05, 4.69) is 15.3 Å². The van der Waals surface area contributed by atoms with E-state index in [4.69, 9.17) is 10.5 Å². The van der Waals surface area contributed by atoms with E-state index in [0.29, 0.717) is 11.6 Å². The Bertz CT molecular complexity index is 606. The Balaban J connectivity index is 1.99. The topological polar surface area (TPSA) is 107 Å². The molecule has 0 spiro atoms. The summed E-state index contributed by atoms with van der Waals surface area (Å²) in [5.41, 5.74) is 5.97. The van der Waals surface area contributed by atoms with Crippen LogP contribution in [0, 0.1) is 0 Å². The number of carbonyl (C=O) groups is 2. The molecule has 3 N–H and O–H groups in total. The maximum atomic E-state index is 12.5. The predicted molar refractivity (Wildman–Crippen MR) is 97.4 cm³/mol. The van der Waals surface area contributed by atoms with E-state index in [1.54, 1.807) is 6.92 Å². The van der Waals surface area contributed by atoms with Gasteiger partial charge in [-0.15, -0.1) is 0 Å². The number of nitrogens with zero attached hydrogens (tertiary/aromatic N) is 2. The third-order valence-corrected chi connectivity index (χ3v) is 5.39. The number of rotatable bonds is 7. The van der Waals surface area contributed by atoms with Crippen molar-refractivity contribution in [1.82, 2.24) is 15.3 Å².